The van der Waals surface area contributed by atoms with Gasteiger partial charge in [0, 0.05) is 38.9 Å². The Morgan fingerprint density at radius 2 is 1.59 bits per heavy atom. The van der Waals surface area contributed by atoms with Crippen LogP contribution in [0.25, 0.3) is 11.1 Å². The molecule has 9 heteroatoms. The number of carbonyl (C=O) groups excluding carboxylic acids is 2. The molecule has 180 valence electrons. The smallest absolute Gasteiger partial charge is 0.410 e. The summed E-state index contributed by atoms with van der Waals surface area (Å²) < 4.78 is 32.2. The summed E-state index contributed by atoms with van der Waals surface area (Å²) in [6, 6.07) is 14.2. The van der Waals surface area contributed by atoms with Gasteiger partial charge in [-0.1, -0.05) is 48.5 Å². The first-order chi connectivity index (χ1) is 16.2. The Morgan fingerprint density at radius 3 is 2.12 bits per heavy atom. The molecular weight excluding hydrogens is 446 g/mol. The van der Waals surface area contributed by atoms with Crippen LogP contribution in [-0.2, 0) is 14.3 Å². The molecule has 1 aliphatic heterocycles. The molecule has 0 aromatic heterocycles. The summed E-state index contributed by atoms with van der Waals surface area (Å²) in [6.45, 7) is -0.279. The highest BCUT2D eigenvalue weighted by Gasteiger charge is 2.38. The van der Waals surface area contributed by atoms with Crippen LogP contribution >= 0.6 is 0 Å². The van der Waals surface area contributed by atoms with Crippen molar-refractivity contribution in [3.63, 3.8) is 0 Å². The number of halogens is 2. The Morgan fingerprint density at radius 1 is 1.06 bits per heavy atom. The number of carboxylic acids is 1. The number of aliphatic carboxylic acids is 1. The van der Waals surface area contributed by atoms with Crippen molar-refractivity contribution >= 4 is 18.0 Å². The Bertz CT molecular complexity index is 1050. The third-order valence-corrected chi connectivity index (χ3v) is 6.59. The van der Waals surface area contributed by atoms with Crippen molar-refractivity contribution in [2.75, 3.05) is 26.7 Å². The van der Waals surface area contributed by atoms with Crippen molar-refractivity contribution in [3.8, 4) is 11.1 Å². The Labute approximate surface area is 195 Å². The van der Waals surface area contributed by atoms with Gasteiger partial charge < -0.3 is 14.7 Å². The van der Waals surface area contributed by atoms with E-state index in [0.717, 1.165) is 27.2 Å². The second-order valence-corrected chi connectivity index (χ2v) is 8.71. The van der Waals surface area contributed by atoms with E-state index in [0.29, 0.717) is 0 Å². The minimum Gasteiger partial charge on any atom is -0.480 e. The number of ether oxygens (including phenoxy) is 1. The minimum absolute atomic E-state index is 0.0126. The molecule has 34 heavy (non-hydrogen) atoms. The monoisotopic (exact) mass is 472 g/mol. The molecule has 0 radical (unpaired) electrons. The summed E-state index contributed by atoms with van der Waals surface area (Å²) in [6.07, 6.45) is -2.30. The molecule has 1 fully saturated rings. The first-order valence-corrected chi connectivity index (χ1v) is 11.1. The van der Waals surface area contributed by atoms with Gasteiger partial charge in [0.15, 0.2) is 0 Å². The second kappa shape index (κ2) is 9.40. The molecule has 2 aliphatic rings. The first-order valence-electron chi connectivity index (χ1n) is 11.1. The van der Waals surface area contributed by atoms with Gasteiger partial charge in [-0.3, -0.25) is 9.69 Å². The number of rotatable bonds is 6. The van der Waals surface area contributed by atoms with Gasteiger partial charge in [0.1, 0.15) is 12.6 Å². The van der Waals surface area contributed by atoms with Crippen molar-refractivity contribution in [2.45, 2.75) is 37.1 Å². The standard InChI is InChI=1S/C25H26F2N2O5/c1-28(21(23(31)32)14-22(30)29-12-10-25(26,27)11-13-29)24(33)34-15-20-18-8-4-2-6-16(18)17-7-3-5-9-19(17)20/h2-9,20-21H,10-15H2,1H3,(H,31,32)/t21-/m0/s1. The molecule has 2 aromatic carbocycles. The third-order valence-electron chi connectivity index (χ3n) is 6.59. The van der Waals surface area contributed by atoms with Crippen LogP contribution < -0.4 is 0 Å². The molecular formula is C25H26F2N2O5. The van der Waals surface area contributed by atoms with Crippen LogP contribution in [0.3, 0.4) is 0 Å². The number of benzene rings is 2. The van der Waals surface area contributed by atoms with Crippen LogP contribution in [0.4, 0.5) is 13.6 Å². The average Bonchev–Trinajstić information content (AvgIpc) is 3.14. The molecule has 1 atom stereocenters. The predicted octanol–water partition coefficient (Wildman–Crippen LogP) is 3.97. The van der Waals surface area contributed by atoms with Gasteiger partial charge in [-0.25, -0.2) is 18.4 Å². The number of piperidine rings is 1. The zero-order valence-corrected chi connectivity index (χ0v) is 18.7. The SMILES string of the molecule is CN(C(=O)OCC1c2ccccc2-c2ccccc21)[C@@H](CC(=O)N1CCC(F)(F)CC1)C(=O)O. The van der Waals surface area contributed by atoms with Gasteiger partial charge >= 0.3 is 12.1 Å². The highest BCUT2D eigenvalue weighted by molar-refractivity contribution is 5.87. The lowest BCUT2D eigenvalue weighted by atomic mass is 9.98. The summed E-state index contributed by atoms with van der Waals surface area (Å²) in [5, 5.41) is 9.62. The maximum atomic E-state index is 13.4. The summed E-state index contributed by atoms with van der Waals surface area (Å²) in [5.74, 6) is -4.96. The number of hydrogen-bond donors (Lipinski definition) is 1. The van der Waals surface area contributed by atoms with Crippen LogP contribution in [0.1, 0.15) is 36.3 Å². The molecule has 1 heterocycles. The lowest BCUT2D eigenvalue weighted by molar-refractivity contribution is -0.148. The van der Waals surface area contributed by atoms with Crippen molar-refractivity contribution in [1.29, 1.82) is 0 Å². The molecule has 4 rings (SSSR count). The number of amides is 2. The summed E-state index contributed by atoms with van der Waals surface area (Å²) in [7, 11) is 1.26. The third kappa shape index (κ3) is 4.73. The van der Waals surface area contributed by atoms with Gasteiger partial charge in [0.05, 0.1) is 6.42 Å². The number of alkyl halides is 2. The molecule has 0 bridgehead atoms. The van der Waals surface area contributed by atoms with E-state index in [4.69, 9.17) is 4.74 Å². The number of hydrogen-bond acceptors (Lipinski definition) is 4. The summed E-state index contributed by atoms with van der Waals surface area (Å²) in [4.78, 5) is 39.2. The van der Waals surface area contributed by atoms with E-state index in [1.165, 1.54) is 11.9 Å². The molecule has 0 unspecified atom stereocenters. The minimum atomic E-state index is -2.82. The topological polar surface area (TPSA) is 87.2 Å². The number of likely N-dealkylation sites (tertiary alicyclic amines) is 1. The van der Waals surface area contributed by atoms with Crippen molar-refractivity contribution < 1.29 is 33.0 Å². The second-order valence-electron chi connectivity index (χ2n) is 8.71. The van der Waals surface area contributed by atoms with E-state index in [9.17, 15) is 28.3 Å². The van der Waals surface area contributed by atoms with E-state index in [1.54, 1.807) is 0 Å². The quantitative estimate of drug-likeness (QED) is 0.688. The lowest BCUT2D eigenvalue weighted by Gasteiger charge is -2.33. The maximum Gasteiger partial charge on any atom is 0.410 e. The average molecular weight is 472 g/mol. The van der Waals surface area contributed by atoms with Crippen LogP contribution in [0.5, 0.6) is 0 Å². The first kappa shape index (κ1) is 23.7. The van der Waals surface area contributed by atoms with E-state index in [2.05, 4.69) is 0 Å². The van der Waals surface area contributed by atoms with Crippen molar-refractivity contribution in [2.24, 2.45) is 0 Å². The molecule has 2 aromatic rings. The molecule has 1 saturated heterocycles. The lowest BCUT2D eigenvalue weighted by Crippen LogP contribution is -2.48. The van der Waals surface area contributed by atoms with Crippen molar-refractivity contribution in [3.05, 3.63) is 59.7 Å². The number of carbonyl (C=O) groups is 3. The molecule has 0 spiro atoms. The van der Waals surface area contributed by atoms with Crippen LogP contribution in [-0.4, -0.2) is 71.6 Å². The number of fused-ring (bicyclic) bond motifs is 3. The van der Waals surface area contributed by atoms with Crippen LogP contribution in [0, 0.1) is 0 Å². The predicted molar refractivity (Wildman–Crippen MR) is 120 cm³/mol. The van der Waals surface area contributed by atoms with Gasteiger partial charge in [0.2, 0.25) is 5.91 Å². The Balaban J connectivity index is 1.40. The molecule has 0 saturated carbocycles. The van der Waals surface area contributed by atoms with Gasteiger partial charge in [-0.05, 0) is 22.3 Å². The fraction of sp³-hybridized carbons (Fsp3) is 0.400. The van der Waals surface area contributed by atoms with Crippen LogP contribution in [0.15, 0.2) is 48.5 Å². The van der Waals surface area contributed by atoms with Crippen LogP contribution in [0.2, 0.25) is 0 Å². The molecule has 1 aliphatic carbocycles. The summed E-state index contributed by atoms with van der Waals surface area (Å²) >= 11 is 0. The van der Waals surface area contributed by atoms with E-state index >= 15 is 0 Å². The summed E-state index contributed by atoms with van der Waals surface area (Å²) in [5.41, 5.74) is 4.17. The van der Waals surface area contributed by atoms with Gasteiger partial charge in [-0.15, -0.1) is 0 Å². The van der Waals surface area contributed by atoms with Gasteiger partial charge in [-0.2, -0.15) is 0 Å². The zero-order chi connectivity index (χ0) is 24.5. The molecule has 1 N–H and O–H groups in total. The van der Waals surface area contributed by atoms with Crippen molar-refractivity contribution in [1.82, 2.24) is 9.80 Å². The normalized spacial score (nSPS) is 17.4. The van der Waals surface area contributed by atoms with E-state index < -0.39 is 49.2 Å². The Kier molecular flexibility index (Phi) is 6.54. The number of carboxylic acid groups (broad SMARTS) is 1. The molecule has 7 nitrogen and oxygen atoms in total. The Hall–Kier alpha value is -3.49. The highest BCUT2D eigenvalue weighted by atomic mass is 19.3. The zero-order valence-electron chi connectivity index (χ0n) is 18.7. The largest absolute Gasteiger partial charge is 0.480 e. The van der Waals surface area contributed by atoms with E-state index in [1.807, 2.05) is 48.5 Å². The fourth-order valence-electron chi connectivity index (χ4n) is 4.59. The number of likely N-dealkylation sites (N-methyl/N-ethyl adjacent to an activating group) is 1. The number of nitrogens with zero attached hydrogens (tertiary/aromatic N) is 2. The van der Waals surface area contributed by atoms with E-state index in [-0.39, 0.29) is 25.6 Å². The maximum absolute atomic E-state index is 13.4. The highest BCUT2D eigenvalue weighted by Crippen LogP contribution is 2.44. The van der Waals surface area contributed by atoms with Gasteiger partial charge in [0.25, 0.3) is 5.92 Å². The molecule has 2 amide bonds. The fourth-order valence-corrected chi connectivity index (χ4v) is 4.59.